The van der Waals surface area contributed by atoms with Crippen LogP contribution in [0.3, 0.4) is 0 Å². The van der Waals surface area contributed by atoms with E-state index in [2.05, 4.69) is 27.3 Å². The third-order valence-electron chi connectivity index (χ3n) is 5.06. The number of aromatic nitrogens is 1. The molecule has 0 amide bonds. The standard InChI is InChI=1S/C23H23N3O3S2/c1-28-19(27)11-7-15-26-22(21(25-23(26)30)17-10-5-6-14-24-17)18-12-13-20(29-18)31-16-8-3-2-4-9-16/h2-6,8-10,12-14,21-22H,7,11,15H2,1H3,(H,25,30)/t21-,22-/m1/s1. The van der Waals surface area contributed by atoms with Gasteiger partial charge in [0.1, 0.15) is 11.8 Å². The van der Waals surface area contributed by atoms with Gasteiger partial charge in [0.25, 0.3) is 0 Å². The Balaban J connectivity index is 1.59. The SMILES string of the molecule is COC(=O)CCCN1C(=S)N[C@H](c2ccccn2)[C@H]1c1ccc(Sc2ccccc2)o1. The van der Waals surface area contributed by atoms with Crippen molar-refractivity contribution in [3.8, 4) is 0 Å². The highest BCUT2D eigenvalue weighted by atomic mass is 32.2. The van der Waals surface area contributed by atoms with E-state index in [-0.39, 0.29) is 18.1 Å². The van der Waals surface area contributed by atoms with E-state index in [1.807, 2.05) is 48.5 Å². The second-order valence-corrected chi connectivity index (χ2v) is 8.54. The van der Waals surface area contributed by atoms with Crippen LogP contribution in [0.4, 0.5) is 0 Å². The van der Waals surface area contributed by atoms with E-state index in [9.17, 15) is 4.79 Å². The molecule has 1 aliphatic rings. The number of hydrogen-bond donors (Lipinski definition) is 1. The Kier molecular flexibility index (Phi) is 6.89. The second-order valence-electron chi connectivity index (χ2n) is 7.07. The van der Waals surface area contributed by atoms with Crippen LogP contribution >= 0.6 is 24.0 Å². The number of carbonyl (C=O) groups is 1. The molecule has 1 saturated heterocycles. The van der Waals surface area contributed by atoms with Gasteiger partial charge in [0.05, 0.1) is 18.8 Å². The van der Waals surface area contributed by atoms with E-state index in [0.717, 1.165) is 21.4 Å². The fourth-order valence-corrected chi connectivity index (χ4v) is 4.74. The molecule has 0 radical (unpaired) electrons. The van der Waals surface area contributed by atoms with Crippen LogP contribution in [0.2, 0.25) is 0 Å². The van der Waals surface area contributed by atoms with Gasteiger partial charge in [-0.1, -0.05) is 36.0 Å². The first-order valence-electron chi connectivity index (χ1n) is 10.0. The number of esters is 1. The average Bonchev–Trinajstić information content (AvgIpc) is 3.39. The zero-order valence-electron chi connectivity index (χ0n) is 17.1. The van der Waals surface area contributed by atoms with Gasteiger partial charge >= 0.3 is 5.97 Å². The monoisotopic (exact) mass is 453 g/mol. The Labute approximate surface area is 191 Å². The third-order valence-corrected chi connectivity index (χ3v) is 6.34. The predicted molar refractivity (Wildman–Crippen MR) is 123 cm³/mol. The molecule has 6 nitrogen and oxygen atoms in total. The van der Waals surface area contributed by atoms with Crippen molar-refractivity contribution in [2.75, 3.05) is 13.7 Å². The summed E-state index contributed by atoms with van der Waals surface area (Å²) in [6, 6.07) is 19.6. The number of thiocarbonyl (C=S) groups is 1. The number of ether oxygens (including phenoxy) is 1. The summed E-state index contributed by atoms with van der Waals surface area (Å²) >= 11 is 7.21. The van der Waals surface area contributed by atoms with Crippen LogP contribution < -0.4 is 5.32 Å². The van der Waals surface area contributed by atoms with Crippen LogP contribution in [0.5, 0.6) is 0 Å². The molecule has 2 atom stereocenters. The van der Waals surface area contributed by atoms with Gasteiger partial charge < -0.3 is 19.4 Å². The van der Waals surface area contributed by atoms with Gasteiger partial charge in [-0.25, -0.2) is 0 Å². The Hall–Kier alpha value is -2.84. The first-order chi connectivity index (χ1) is 15.2. The number of carbonyl (C=O) groups excluding carboxylic acids is 1. The Bertz CT molecular complexity index is 1030. The van der Waals surface area contributed by atoms with Crippen molar-refractivity contribution in [1.82, 2.24) is 15.2 Å². The summed E-state index contributed by atoms with van der Waals surface area (Å²) in [5, 5.41) is 4.83. The maximum absolute atomic E-state index is 11.6. The average molecular weight is 454 g/mol. The van der Waals surface area contributed by atoms with Crippen molar-refractivity contribution in [2.24, 2.45) is 0 Å². The highest BCUT2D eigenvalue weighted by molar-refractivity contribution is 7.99. The van der Waals surface area contributed by atoms with E-state index in [0.29, 0.717) is 24.5 Å². The summed E-state index contributed by atoms with van der Waals surface area (Å²) in [4.78, 5) is 19.3. The summed E-state index contributed by atoms with van der Waals surface area (Å²) in [6.07, 6.45) is 2.74. The maximum atomic E-state index is 11.6. The van der Waals surface area contributed by atoms with E-state index >= 15 is 0 Å². The van der Waals surface area contributed by atoms with Crippen LogP contribution in [-0.2, 0) is 9.53 Å². The number of methoxy groups -OCH3 is 1. The van der Waals surface area contributed by atoms with E-state index in [1.165, 1.54) is 7.11 Å². The van der Waals surface area contributed by atoms with Gasteiger partial charge in [-0.05, 0) is 55.0 Å². The molecule has 0 unspecified atom stereocenters. The summed E-state index contributed by atoms with van der Waals surface area (Å²) < 4.78 is 11.0. The zero-order valence-corrected chi connectivity index (χ0v) is 18.7. The smallest absolute Gasteiger partial charge is 0.305 e. The number of benzene rings is 1. The largest absolute Gasteiger partial charge is 0.469 e. The first kappa shape index (κ1) is 21.4. The van der Waals surface area contributed by atoms with Crippen LogP contribution in [0.25, 0.3) is 0 Å². The summed E-state index contributed by atoms with van der Waals surface area (Å²) in [5.41, 5.74) is 0.888. The molecule has 0 bridgehead atoms. The van der Waals surface area contributed by atoms with Crippen LogP contribution in [0.15, 0.2) is 81.3 Å². The molecule has 1 aliphatic heterocycles. The maximum Gasteiger partial charge on any atom is 0.305 e. The topological polar surface area (TPSA) is 67.6 Å². The summed E-state index contributed by atoms with van der Waals surface area (Å²) in [7, 11) is 1.40. The highest BCUT2D eigenvalue weighted by Crippen LogP contribution is 2.41. The van der Waals surface area contributed by atoms with Crippen LogP contribution in [0, 0.1) is 0 Å². The number of rotatable bonds is 8. The van der Waals surface area contributed by atoms with Crippen LogP contribution in [0.1, 0.15) is 36.4 Å². The lowest BCUT2D eigenvalue weighted by molar-refractivity contribution is -0.140. The molecule has 1 N–H and O–H groups in total. The molecule has 8 heteroatoms. The fraction of sp³-hybridized carbons (Fsp3) is 0.261. The second kappa shape index (κ2) is 9.98. The molecular formula is C23H23N3O3S2. The molecule has 31 heavy (non-hydrogen) atoms. The number of hydrogen-bond acceptors (Lipinski definition) is 6. The number of furan rings is 1. The first-order valence-corrected chi connectivity index (χ1v) is 11.3. The number of nitrogens with zero attached hydrogens (tertiary/aromatic N) is 2. The van der Waals surface area contributed by atoms with Gasteiger partial charge in [-0.2, -0.15) is 0 Å². The minimum atomic E-state index is -0.226. The molecule has 1 fully saturated rings. The van der Waals surface area contributed by atoms with Gasteiger partial charge in [-0.3, -0.25) is 9.78 Å². The Morgan fingerprint density at radius 3 is 2.74 bits per heavy atom. The quantitative estimate of drug-likeness (QED) is 0.387. The lowest BCUT2D eigenvalue weighted by Crippen LogP contribution is -2.30. The summed E-state index contributed by atoms with van der Waals surface area (Å²) in [5.74, 6) is 0.579. The molecule has 0 spiro atoms. The van der Waals surface area contributed by atoms with Gasteiger partial charge in [0.15, 0.2) is 10.2 Å². The molecule has 1 aromatic carbocycles. The van der Waals surface area contributed by atoms with Gasteiger partial charge in [0, 0.05) is 24.1 Å². The molecule has 0 aliphatic carbocycles. The third kappa shape index (κ3) is 5.08. The molecular weight excluding hydrogens is 430 g/mol. The fourth-order valence-electron chi connectivity index (χ4n) is 3.60. The number of pyridine rings is 1. The van der Waals surface area contributed by atoms with Crippen molar-refractivity contribution in [2.45, 2.75) is 34.9 Å². The van der Waals surface area contributed by atoms with Gasteiger partial charge in [-0.15, -0.1) is 0 Å². The lowest BCUT2D eigenvalue weighted by atomic mass is 10.0. The normalized spacial score (nSPS) is 18.1. The van der Waals surface area contributed by atoms with E-state index in [1.54, 1.807) is 18.0 Å². The Morgan fingerprint density at radius 1 is 1.19 bits per heavy atom. The molecule has 2 aromatic heterocycles. The van der Waals surface area contributed by atoms with E-state index in [4.69, 9.17) is 21.4 Å². The molecule has 160 valence electrons. The lowest BCUT2D eigenvalue weighted by Gasteiger charge is -2.25. The van der Waals surface area contributed by atoms with Crippen molar-refractivity contribution >= 4 is 35.1 Å². The molecule has 3 aromatic rings. The molecule has 4 rings (SSSR count). The van der Waals surface area contributed by atoms with Gasteiger partial charge in [0.2, 0.25) is 0 Å². The summed E-state index contributed by atoms with van der Waals surface area (Å²) in [6.45, 7) is 0.608. The Morgan fingerprint density at radius 2 is 2.00 bits per heavy atom. The van der Waals surface area contributed by atoms with Crippen molar-refractivity contribution in [3.63, 3.8) is 0 Å². The van der Waals surface area contributed by atoms with Crippen molar-refractivity contribution in [3.05, 3.63) is 78.3 Å². The van der Waals surface area contributed by atoms with Crippen LogP contribution in [-0.4, -0.2) is 34.6 Å². The van der Waals surface area contributed by atoms with E-state index < -0.39 is 0 Å². The van der Waals surface area contributed by atoms with Crippen molar-refractivity contribution in [1.29, 1.82) is 0 Å². The minimum Gasteiger partial charge on any atom is -0.469 e. The van der Waals surface area contributed by atoms with Crippen molar-refractivity contribution < 1.29 is 13.9 Å². The molecule has 0 saturated carbocycles. The highest BCUT2D eigenvalue weighted by Gasteiger charge is 2.41. The minimum absolute atomic E-state index is 0.146. The molecule has 3 heterocycles. The zero-order chi connectivity index (χ0) is 21.6. The predicted octanol–water partition coefficient (Wildman–Crippen LogP) is 4.75. The number of nitrogens with one attached hydrogen (secondary N) is 1.